The summed E-state index contributed by atoms with van der Waals surface area (Å²) in [6, 6.07) is 3.17. The number of rotatable bonds is 2. The molecule has 1 saturated heterocycles. The van der Waals surface area contributed by atoms with Gasteiger partial charge in [0.1, 0.15) is 5.54 Å². The summed E-state index contributed by atoms with van der Waals surface area (Å²) in [5.74, 6) is 0. The van der Waals surface area contributed by atoms with E-state index in [2.05, 4.69) is 28.2 Å². The highest BCUT2D eigenvalue weighted by molar-refractivity contribution is 5.09. The van der Waals surface area contributed by atoms with E-state index in [1.165, 1.54) is 26.2 Å². The molecule has 4 heteroatoms. The van der Waals surface area contributed by atoms with Crippen molar-refractivity contribution in [2.24, 2.45) is 0 Å². The Balaban J connectivity index is 1.85. The molecule has 0 spiro atoms. The van der Waals surface area contributed by atoms with Crippen LogP contribution < -0.4 is 5.32 Å². The van der Waals surface area contributed by atoms with Crippen molar-refractivity contribution >= 4 is 0 Å². The Morgan fingerprint density at radius 1 is 1.18 bits per heavy atom. The molecule has 2 fully saturated rings. The molecule has 2 rings (SSSR count). The highest BCUT2D eigenvalue weighted by atomic mass is 15.3. The number of hydrogen-bond acceptors (Lipinski definition) is 4. The van der Waals surface area contributed by atoms with Crippen LogP contribution in [-0.4, -0.2) is 61.7 Å². The Bertz CT molecular complexity index is 280. The predicted octanol–water partition coefficient (Wildman–Crippen LogP) is 0.658. The minimum atomic E-state index is -0.247. The van der Waals surface area contributed by atoms with E-state index in [4.69, 9.17) is 0 Å². The van der Waals surface area contributed by atoms with Crippen molar-refractivity contribution in [3.8, 4) is 6.07 Å². The number of hydrogen-bond donors (Lipinski definition) is 1. The first-order valence-electron chi connectivity index (χ1n) is 6.72. The molecule has 0 atom stereocenters. The number of nitriles is 1. The Morgan fingerprint density at radius 2 is 1.76 bits per heavy atom. The van der Waals surface area contributed by atoms with Crippen molar-refractivity contribution in [3.05, 3.63) is 0 Å². The minimum absolute atomic E-state index is 0.247. The standard InChI is InChI=1S/C13H24N4/c1-15-13(11-14)5-3-12(4-6-13)17-9-7-16(2)8-10-17/h12,15H,3-10H2,1-2H3. The minimum Gasteiger partial charge on any atom is -0.304 e. The van der Waals surface area contributed by atoms with E-state index in [-0.39, 0.29) is 5.54 Å². The Morgan fingerprint density at radius 3 is 2.24 bits per heavy atom. The maximum Gasteiger partial charge on any atom is 0.106 e. The second-order valence-electron chi connectivity index (χ2n) is 5.51. The number of nitrogens with one attached hydrogen (secondary N) is 1. The van der Waals surface area contributed by atoms with Crippen molar-refractivity contribution in [2.45, 2.75) is 37.3 Å². The van der Waals surface area contributed by atoms with Crippen LogP contribution in [0.2, 0.25) is 0 Å². The molecular weight excluding hydrogens is 212 g/mol. The molecule has 4 nitrogen and oxygen atoms in total. The molecule has 2 aliphatic rings. The van der Waals surface area contributed by atoms with Gasteiger partial charge in [-0.15, -0.1) is 0 Å². The Labute approximate surface area is 105 Å². The summed E-state index contributed by atoms with van der Waals surface area (Å²) in [7, 11) is 4.11. The van der Waals surface area contributed by atoms with Crippen LogP contribution in [0.5, 0.6) is 0 Å². The molecule has 0 aromatic carbocycles. The van der Waals surface area contributed by atoms with Gasteiger partial charge in [-0.3, -0.25) is 4.90 Å². The van der Waals surface area contributed by atoms with E-state index in [1.807, 2.05) is 7.05 Å². The zero-order valence-electron chi connectivity index (χ0n) is 11.1. The van der Waals surface area contributed by atoms with Crippen LogP contribution in [0.1, 0.15) is 25.7 Å². The molecule has 1 heterocycles. The number of nitrogens with zero attached hydrogens (tertiary/aromatic N) is 3. The lowest BCUT2D eigenvalue weighted by Crippen LogP contribution is -2.53. The zero-order chi connectivity index (χ0) is 12.3. The molecule has 17 heavy (non-hydrogen) atoms. The van der Waals surface area contributed by atoms with Crippen LogP contribution in [0, 0.1) is 11.3 Å². The van der Waals surface area contributed by atoms with Gasteiger partial charge in [-0.05, 0) is 39.8 Å². The molecule has 1 aliphatic carbocycles. The lowest BCUT2D eigenvalue weighted by molar-refractivity contribution is 0.0788. The van der Waals surface area contributed by atoms with Gasteiger partial charge in [-0.25, -0.2) is 0 Å². The largest absolute Gasteiger partial charge is 0.304 e. The summed E-state index contributed by atoms with van der Waals surface area (Å²) < 4.78 is 0. The predicted molar refractivity (Wildman–Crippen MR) is 68.7 cm³/mol. The van der Waals surface area contributed by atoms with E-state index >= 15 is 0 Å². The average Bonchev–Trinajstić information content (AvgIpc) is 2.40. The fraction of sp³-hybridized carbons (Fsp3) is 0.923. The van der Waals surface area contributed by atoms with Gasteiger partial charge in [0, 0.05) is 32.2 Å². The molecule has 0 radical (unpaired) electrons. The second kappa shape index (κ2) is 5.34. The molecular formula is C13H24N4. The SMILES string of the molecule is CNC1(C#N)CCC(N2CCN(C)CC2)CC1. The Hall–Kier alpha value is -0.630. The third-order valence-electron chi connectivity index (χ3n) is 4.56. The highest BCUT2D eigenvalue weighted by Gasteiger charge is 2.36. The quantitative estimate of drug-likeness (QED) is 0.765. The van der Waals surface area contributed by atoms with E-state index < -0.39 is 0 Å². The van der Waals surface area contributed by atoms with Gasteiger partial charge in [-0.1, -0.05) is 0 Å². The summed E-state index contributed by atoms with van der Waals surface area (Å²) in [4.78, 5) is 5.02. The molecule has 0 bridgehead atoms. The average molecular weight is 236 g/mol. The third-order valence-corrected chi connectivity index (χ3v) is 4.56. The molecule has 0 amide bonds. The fourth-order valence-electron chi connectivity index (χ4n) is 3.07. The van der Waals surface area contributed by atoms with Gasteiger partial charge in [0.05, 0.1) is 6.07 Å². The van der Waals surface area contributed by atoms with Crippen molar-refractivity contribution < 1.29 is 0 Å². The first-order chi connectivity index (χ1) is 8.19. The van der Waals surface area contributed by atoms with Gasteiger partial charge in [-0.2, -0.15) is 5.26 Å². The van der Waals surface area contributed by atoms with Gasteiger partial charge in [0.15, 0.2) is 0 Å². The molecule has 0 aromatic heterocycles. The van der Waals surface area contributed by atoms with Crippen molar-refractivity contribution in [2.75, 3.05) is 40.3 Å². The number of likely N-dealkylation sites (N-methyl/N-ethyl adjacent to an activating group) is 1. The van der Waals surface area contributed by atoms with E-state index in [0.29, 0.717) is 6.04 Å². The van der Waals surface area contributed by atoms with Crippen LogP contribution in [0.4, 0.5) is 0 Å². The van der Waals surface area contributed by atoms with Crippen LogP contribution in [-0.2, 0) is 0 Å². The molecule has 0 unspecified atom stereocenters. The summed E-state index contributed by atoms with van der Waals surface area (Å²) >= 11 is 0. The van der Waals surface area contributed by atoms with Crippen LogP contribution in [0.25, 0.3) is 0 Å². The molecule has 1 saturated carbocycles. The van der Waals surface area contributed by atoms with E-state index in [9.17, 15) is 5.26 Å². The maximum absolute atomic E-state index is 9.24. The van der Waals surface area contributed by atoms with Crippen molar-refractivity contribution in [1.82, 2.24) is 15.1 Å². The molecule has 96 valence electrons. The van der Waals surface area contributed by atoms with Crippen LogP contribution in [0.15, 0.2) is 0 Å². The van der Waals surface area contributed by atoms with Crippen LogP contribution in [0.3, 0.4) is 0 Å². The smallest absolute Gasteiger partial charge is 0.106 e. The van der Waals surface area contributed by atoms with Gasteiger partial charge < -0.3 is 10.2 Å². The summed E-state index contributed by atoms with van der Waals surface area (Å²) in [6.07, 6.45) is 4.32. The van der Waals surface area contributed by atoms with Crippen LogP contribution >= 0.6 is 0 Å². The zero-order valence-corrected chi connectivity index (χ0v) is 11.1. The maximum atomic E-state index is 9.24. The highest BCUT2D eigenvalue weighted by Crippen LogP contribution is 2.30. The first-order valence-corrected chi connectivity index (χ1v) is 6.72. The van der Waals surface area contributed by atoms with E-state index in [1.54, 1.807) is 0 Å². The second-order valence-corrected chi connectivity index (χ2v) is 5.51. The number of piperazine rings is 1. The van der Waals surface area contributed by atoms with Gasteiger partial charge in [0.2, 0.25) is 0 Å². The summed E-state index contributed by atoms with van der Waals surface area (Å²) in [5, 5.41) is 12.4. The van der Waals surface area contributed by atoms with Crippen molar-refractivity contribution in [3.63, 3.8) is 0 Å². The summed E-state index contributed by atoms with van der Waals surface area (Å²) in [6.45, 7) is 4.76. The van der Waals surface area contributed by atoms with E-state index in [0.717, 1.165) is 25.7 Å². The summed E-state index contributed by atoms with van der Waals surface area (Å²) in [5.41, 5.74) is -0.247. The monoisotopic (exact) mass is 236 g/mol. The lowest BCUT2D eigenvalue weighted by atomic mass is 9.80. The normalized spacial score (nSPS) is 36.6. The topological polar surface area (TPSA) is 42.3 Å². The van der Waals surface area contributed by atoms with Crippen molar-refractivity contribution in [1.29, 1.82) is 5.26 Å². The molecule has 0 aromatic rings. The first kappa shape index (κ1) is 12.8. The molecule has 1 N–H and O–H groups in total. The lowest BCUT2D eigenvalue weighted by Gasteiger charge is -2.43. The Kier molecular flexibility index (Phi) is 4.03. The van der Waals surface area contributed by atoms with Gasteiger partial charge in [0.25, 0.3) is 0 Å². The fourth-order valence-corrected chi connectivity index (χ4v) is 3.07. The van der Waals surface area contributed by atoms with Gasteiger partial charge >= 0.3 is 0 Å². The third kappa shape index (κ3) is 2.79. The molecule has 1 aliphatic heterocycles.